The molecule has 1 fully saturated rings. The Kier molecular flexibility index (Phi) is 4.18. The van der Waals surface area contributed by atoms with Crippen LogP contribution in [0.4, 0.5) is 0 Å². The summed E-state index contributed by atoms with van der Waals surface area (Å²) < 4.78 is 1.12. The van der Waals surface area contributed by atoms with Gasteiger partial charge in [-0.2, -0.15) is 0 Å². The fourth-order valence-corrected chi connectivity index (χ4v) is 2.41. The second kappa shape index (κ2) is 5.65. The number of amidine groups is 1. The van der Waals surface area contributed by atoms with Gasteiger partial charge in [-0.1, -0.05) is 28.1 Å². The molecular weight excluding hydrogens is 278 g/mol. The van der Waals surface area contributed by atoms with E-state index in [0.29, 0.717) is 12.5 Å². The number of nitrogens with two attached hydrogens (primary N) is 1. The van der Waals surface area contributed by atoms with Gasteiger partial charge in [-0.05, 0) is 30.5 Å². The molecule has 1 saturated carbocycles. The molecule has 4 heteroatoms. The van der Waals surface area contributed by atoms with Crippen LogP contribution in [-0.2, 0) is 6.54 Å². The van der Waals surface area contributed by atoms with Crippen LogP contribution < -0.4 is 5.73 Å². The van der Waals surface area contributed by atoms with Gasteiger partial charge in [0.15, 0.2) is 0 Å². The van der Waals surface area contributed by atoms with Gasteiger partial charge < -0.3 is 5.73 Å². The zero-order valence-electron chi connectivity index (χ0n) is 9.82. The lowest BCUT2D eigenvalue weighted by Crippen LogP contribution is -2.29. The van der Waals surface area contributed by atoms with Gasteiger partial charge in [-0.3, -0.25) is 10.3 Å². The van der Waals surface area contributed by atoms with E-state index in [1.807, 2.05) is 6.07 Å². The van der Waals surface area contributed by atoms with Crippen molar-refractivity contribution >= 4 is 21.8 Å². The van der Waals surface area contributed by atoms with E-state index in [-0.39, 0.29) is 5.84 Å². The minimum Gasteiger partial charge on any atom is -0.388 e. The van der Waals surface area contributed by atoms with Crippen LogP contribution in [0.15, 0.2) is 28.7 Å². The molecule has 1 aliphatic carbocycles. The van der Waals surface area contributed by atoms with E-state index >= 15 is 0 Å². The highest BCUT2D eigenvalue weighted by Crippen LogP contribution is 2.28. The molecule has 92 valence electrons. The van der Waals surface area contributed by atoms with Crippen LogP contribution in [0.2, 0.25) is 0 Å². The number of hydrogen-bond donors (Lipinski definition) is 2. The molecule has 0 unspecified atom stereocenters. The Morgan fingerprint density at radius 1 is 1.47 bits per heavy atom. The monoisotopic (exact) mass is 295 g/mol. The molecule has 0 atom stereocenters. The predicted octanol–water partition coefficient (Wildman–Crippen LogP) is 2.74. The molecule has 1 aliphatic rings. The third kappa shape index (κ3) is 4.13. The highest BCUT2D eigenvalue weighted by Gasteiger charge is 2.28. The SMILES string of the molecule is N=C(N)CCN(Cc1cccc(Br)c1)C1CC1. The molecule has 1 aromatic rings. The Labute approximate surface area is 111 Å². The van der Waals surface area contributed by atoms with E-state index in [1.54, 1.807) is 0 Å². The number of halogens is 1. The normalized spacial score (nSPS) is 15.2. The predicted molar refractivity (Wildman–Crippen MR) is 74.1 cm³/mol. The van der Waals surface area contributed by atoms with Gasteiger partial charge in [0.25, 0.3) is 0 Å². The first-order chi connectivity index (χ1) is 8.15. The molecule has 0 aromatic heterocycles. The standard InChI is InChI=1S/C13H18BrN3/c14-11-3-1-2-10(8-11)9-17(12-4-5-12)7-6-13(15)16/h1-3,8,12H,4-7,9H2,(H3,15,16). The molecule has 0 spiro atoms. The van der Waals surface area contributed by atoms with Crippen molar-refractivity contribution in [1.29, 1.82) is 5.41 Å². The third-order valence-corrected chi connectivity index (χ3v) is 3.50. The van der Waals surface area contributed by atoms with E-state index in [9.17, 15) is 0 Å². The number of nitrogens with one attached hydrogen (secondary N) is 1. The first kappa shape index (κ1) is 12.6. The van der Waals surface area contributed by atoms with Crippen LogP contribution >= 0.6 is 15.9 Å². The first-order valence-electron chi connectivity index (χ1n) is 5.96. The Morgan fingerprint density at radius 3 is 2.82 bits per heavy atom. The quantitative estimate of drug-likeness (QED) is 0.626. The summed E-state index contributed by atoms with van der Waals surface area (Å²) in [7, 11) is 0. The number of hydrogen-bond acceptors (Lipinski definition) is 2. The minimum atomic E-state index is 0.282. The van der Waals surface area contributed by atoms with Crippen LogP contribution in [0.1, 0.15) is 24.8 Å². The maximum atomic E-state index is 7.31. The molecule has 17 heavy (non-hydrogen) atoms. The van der Waals surface area contributed by atoms with Crippen LogP contribution in [0.25, 0.3) is 0 Å². The van der Waals surface area contributed by atoms with Gasteiger partial charge in [0, 0.05) is 30.0 Å². The molecule has 3 nitrogen and oxygen atoms in total. The van der Waals surface area contributed by atoms with Crippen LogP contribution in [0.3, 0.4) is 0 Å². The summed E-state index contributed by atoms with van der Waals surface area (Å²) >= 11 is 3.49. The largest absolute Gasteiger partial charge is 0.388 e. The minimum absolute atomic E-state index is 0.282. The van der Waals surface area contributed by atoms with E-state index in [2.05, 4.69) is 39.0 Å². The smallest absolute Gasteiger partial charge is 0.0918 e. The van der Waals surface area contributed by atoms with Crippen LogP contribution in [0, 0.1) is 5.41 Å². The maximum absolute atomic E-state index is 7.31. The summed E-state index contributed by atoms with van der Waals surface area (Å²) in [6.07, 6.45) is 3.24. The molecule has 0 amide bonds. The molecule has 0 heterocycles. The fourth-order valence-electron chi connectivity index (χ4n) is 1.96. The van der Waals surface area contributed by atoms with Crippen molar-refractivity contribution in [3.8, 4) is 0 Å². The summed E-state index contributed by atoms with van der Waals surface area (Å²) in [5.41, 5.74) is 6.74. The molecule has 2 rings (SSSR count). The van der Waals surface area contributed by atoms with Gasteiger partial charge in [0.05, 0.1) is 5.84 Å². The lowest BCUT2D eigenvalue weighted by atomic mass is 10.2. The first-order valence-corrected chi connectivity index (χ1v) is 6.76. The van der Waals surface area contributed by atoms with Crippen molar-refractivity contribution < 1.29 is 0 Å². The van der Waals surface area contributed by atoms with Crippen molar-refractivity contribution in [1.82, 2.24) is 4.90 Å². The van der Waals surface area contributed by atoms with Crippen LogP contribution in [0.5, 0.6) is 0 Å². The summed E-state index contributed by atoms with van der Waals surface area (Å²) in [4.78, 5) is 2.43. The Bertz CT molecular complexity index is 401. The molecule has 0 radical (unpaired) electrons. The number of rotatable bonds is 6. The number of nitrogens with zero attached hydrogens (tertiary/aromatic N) is 1. The zero-order valence-corrected chi connectivity index (χ0v) is 11.4. The molecule has 3 N–H and O–H groups in total. The average molecular weight is 296 g/mol. The highest BCUT2D eigenvalue weighted by molar-refractivity contribution is 9.10. The molecule has 0 bridgehead atoms. The van der Waals surface area contributed by atoms with Crippen LogP contribution in [-0.4, -0.2) is 23.3 Å². The van der Waals surface area contributed by atoms with Gasteiger partial charge in [-0.15, -0.1) is 0 Å². The summed E-state index contributed by atoms with van der Waals surface area (Å²) in [5, 5.41) is 7.31. The Morgan fingerprint density at radius 2 is 2.24 bits per heavy atom. The Balaban J connectivity index is 1.95. The van der Waals surface area contributed by atoms with E-state index in [4.69, 9.17) is 11.1 Å². The molecule has 0 saturated heterocycles. The van der Waals surface area contributed by atoms with E-state index < -0.39 is 0 Å². The van der Waals surface area contributed by atoms with Gasteiger partial charge in [-0.25, -0.2) is 0 Å². The second-order valence-corrected chi connectivity index (χ2v) is 5.52. The van der Waals surface area contributed by atoms with Crippen molar-refractivity contribution in [3.63, 3.8) is 0 Å². The second-order valence-electron chi connectivity index (χ2n) is 4.61. The van der Waals surface area contributed by atoms with E-state index in [0.717, 1.165) is 17.6 Å². The average Bonchev–Trinajstić information content (AvgIpc) is 3.07. The van der Waals surface area contributed by atoms with Gasteiger partial charge in [0.1, 0.15) is 0 Å². The fraction of sp³-hybridized carbons (Fsp3) is 0.462. The topological polar surface area (TPSA) is 53.1 Å². The molecule has 0 aliphatic heterocycles. The lowest BCUT2D eigenvalue weighted by Gasteiger charge is -2.21. The van der Waals surface area contributed by atoms with Gasteiger partial charge >= 0.3 is 0 Å². The maximum Gasteiger partial charge on any atom is 0.0918 e. The summed E-state index contributed by atoms with van der Waals surface area (Å²) in [6.45, 7) is 1.85. The highest BCUT2D eigenvalue weighted by atomic mass is 79.9. The third-order valence-electron chi connectivity index (χ3n) is 3.01. The number of benzene rings is 1. The van der Waals surface area contributed by atoms with Crippen molar-refractivity contribution in [3.05, 3.63) is 34.3 Å². The zero-order chi connectivity index (χ0) is 12.3. The van der Waals surface area contributed by atoms with Crippen molar-refractivity contribution in [2.24, 2.45) is 5.73 Å². The lowest BCUT2D eigenvalue weighted by molar-refractivity contribution is 0.262. The van der Waals surface area contributed by atoms with Crippen molar-refractivity contribution in [2.45, 2.75) is 31.8 Å². The molecular formula is C13H18BrN3. The summed E-state index contributed by atoms with van der Waals surface area (Å²) in [5.74, 6) is 0.282. The van der Waals surface area contributed by atoms with E-state index in [1.165, 1.54) is 18.4 Å². The molecule has 1 aromatic carbocycles. The van der Waals surface area contributed by atoms with Crippen molar-refractivity contribution in [2.75, 3.05) is 6.54 Å². The summed E-state index contributed by atoms with van der Waals surface area (Å²) in [6, 6.07) is 9.11. The van der Waals surface area contributed by atoms with Gasteiger partial charge in [0.2, 0.25) is 0 Å². The Hall–Kier alpha value is -0.870.